The zero-order chi connectivity index (χ0) is 22.4. The number of ether oxygens (including phenoxy) is 1. The second-order valence-corrected chi connectivity index (χ2v) is 9.45. The lowest BCUT2D eigenvalue weighted by atomic mass is 9.96. The molecule has 0 N–H and O–H groups in total. The van der Waals surface area contributed by atoms with Crippen LogP contribution in [0.5, 0.6) is 5.75 Å². The number of amides is 1. The maximum atomic E-state index is 13.1. The highest BCUT2D eigenvalue weighted by Crippen LogP contribution is 2.26. The van der Waals surface area contributed by atoms with Crippen LogP contribution in [0.25, 0.3) is 0 Å². The van der Waals surface area contributed by atoms with Crippen LogP contribution in [0.1, 0.15) is 30.9 Å². The van der Waals surface area contributed by atoms with Crippen molar-refractivity contribution in [2.45, 2.75) is 31.2 Å². The van der Waals surface area contributed by atoms with Gasteiger partial charge in [0.05, 0.1) is 23.6 Å². The van der Waals surface area contributed by atoms with E-state index in [4.69, 9.17) is 10.00 Å². The highest BCUT2D eigenvalue weighted by molar-refractivity contribution is 7.89. The zero-order valence-electron chi connectivity index (χ0n) is 17.8. The van der Waals surface area contributed by atoms with Gasteiger partial charge in [0.15, 0.2) is 0 Å². The monoisotopic (exact) mass is 441 g/mol. The molecule has 2 aromatic rings. The molecule has 3 rings (SSSR count). The number of hydrogen-bond donors (Lipinski definition) is 0. The Hall–Kier alpha value is -2.89. The predicted octanol–water partition coefficient (Wildman–Crippen LogP) is 3.02. The van der Waals surface area contributed by atoms with Gasteiger partial charge in [0.25, 0.3) is 0 Å². The Kier molecular flexibility index (Phi) is 7.31. The molecular formula is C23H27N3O4S. The van der Waals surface area contributed by atoms with Crippen molar-refractivity contribution in [1.82, 2.24) is 9.21 Å². The SMILES string of the molecule is CCN(Cc1ccc(OC)cc1)C(=O)C1CCN(S(=O)(=O)c2ccc(C#N)cc2)CC1. The lowest BCUT2D eigenvalue weighted by molar-refractivity contribution is -0.137. The number of hydrogen-bond acceptors (Lipinski definition) is 5. The van der Waals surface area contributed by atoms with Crippen molar-refractivity contribution in [2.24, 2.45) is 5.92 Å². The molecule has 0 saturated carbocycles. The van der Waals surface area contributed by atoms with Gasteiger partial charge in [-0.15, -0.1) is 0 Å². The molecule has 1 heterocycles. The molecule has 164 valence electrons. The van der Waals surface area contributed by atoms with E-state index in [1.54, 1.807) is 7.11 Å². The van der Waals surface area contributed by atoms with Gasteiger partial charge >= 0.3 is 0 Å². The minimum absolute atomic E-state index is 0.0636. The largest absolute Gasteiger partial charge is 0.497 e. The van der Waals surface area contributed by atoms with Crippen LogP contribution in [-0.4, -0.2) is 50.3 Å². The fourth-order valence-electron chi connectivity index (χ4n) is 3.75. The van der Waals surface area contributed by atoms with E-state index in [1.807, 2.05) is 42.2 Å². The van der Waals surface area contributed by atoms with Gasteiger partial charge in [0.1, 0.15) is 5.75 Å². The number of nitriles is 1. The van der Waals surface area contributed by atoms with Crippen molar-refractivity contribution < 1.29 is 17.9 Å². The molecule has 0 atom stereocenters. The van der Waals surface area contributed by atoms with E-state index in [0.717, 1.165) is 11.3 Å². The molecule has 0 unspecified atom stereocenters. The predicted molar refractivity (Wildman–Crippen MR) is 117 cm³/mol. The molecule has 8 heteroatoms. The van der Waals surface area contributed by atoms with E-state index in [1.165, 1.54) is 28.6 Å². The molecule has 1 saturated heterocycles. The third-order valence-corrected chi connectivity index (χ3v) is 7.56. The van der Waals surface area contributed by atoms with Crippen LogP contribution in [0.2, 0.25) is 0 Å². The summed E-state index contributed by atoms with van der Waals surface area (Å²) in [6, 6.07) is 15.5. The summed E-state index contributed by atoms with van der Waals surface area (Å²) in [6.07, 6.45) is 0.987. The normalized spacial score (nSPS) is 15.3. The summed E-state index contributed by atoms with van der Waals surface area (Å²) in [5.74, 6) is 0.647. The summed E-state index contributed by atoms with van der Waals surface area (Å²) in [5, 5.41) is 8.89. The number of carbonyl (C=O) groups is 1. The molecule has 1 amide bonds. The molecule has 0 spiro atoms. The molecule has 1 fully saturated rings. The van der Waals surface area contributed by atoms with E-state index in [-0.39, 0.29) is 16.7 Å². The first-order chi connectivity index (χ1) is 14.9. The first-order valence-corrected chi connectivity index (χ1v) is 11.7. The summed E-state index contributed by atoms with van der Waals surface area (Å²) in [6.45, 7) is 3.67. The number of benzene rings is 2. The average Bonchev–Trinajstić information content (AvgIpc) is 2.82. The topological polar surface area (TPSA) is 90.7 Å². The molecule has 0 bridgehead atoms. The van der Waals surface area contributed by atoms with Crippen LogP contribution in [0.15, 0.2) is 53.4 Å². The van der Waals surface area contributed by atoms with Crippen LogP contribution >= 0.6 is 0 Å². The number of sulfonamides is 1. The molecule has 2 aromatic carbocycles. The summed E-state index contributed by atoms with van der Waals surface area (Å²) >= 11 is 0. The summed E-state index contributed by atoms with van der Waals surface area (Å²) < 4.78 is 32.4. The van der Waals surface area contributed by atoms with E-state index in [0.29, 0.717) is 44.6 Å². The Bertz CT molecular complexity index is 1040. The van der Waals surface area contributed by atoms with Gasteiger partial charge in [-0.05, 0) is 61.7 Å². The minimum atomic E-state index is -3.63. The van der Waals surface area contributed by atoms with Crippen LogP contribution in [-0.2, 0) is 21.4 Å². The summed E-state index contributed by atoms with van der Waals surface area (Å²) in [5.41, 5.74) is 1.44. The molecule has 1 aliphatic rings. The van der Waals surface area contributed by atoms with Gasteiger partial charge in [-0.3, -0.25) is 4.79 Å². The van der Waals surface area contributed by atoms with Crippen LogP contribution < -0.4 is 4.74 Å². The third-order valence-electron chi connectivity index (χ3n) is 5.65. The number of rotatable bonds is 7. The first kappa shape index (κ1) is 22.8. The molecule has 0 radical (unpaired) electrons. The number of methoxy groups -OCH3 is 1. The van der Waals surface area contributed by atoms with Gasteiger partial charge in [-0.1, -0.05) is 12.1 Å². The van der Waals surface area contributed by atoms with E-state index < -0.39 is 10.0 Å². The van der Waals surface area contributed by atoms with Crippen molar-refractivity contribution in [1.29, 1.82) is 5.26 Å². The molecular weight excluding hydrogens is 414 g/mol. The summed E-state index contributed by atoms with van der Waals surface area (Å²) in [7, 11) is -2.01. The number of nitrogens with zero attached hydrogens (tertiary/aromatic N) is 3. The zero-order valence-corrected chi connectivity index (χ0v) is 18.6. The van der Waals surface area contributed by atoms with Crippen molar-refractivity contribution in [3.63, 3.8) is 0 Å². The molecule has 7 nitrogen and oxygen atoms in total. The second-order valence-electron chi connectivity index (χ2n) is 7.52. The van der Waals surface area contributed by atoms with E-state index in [9.17, 15) is 13.2 Å². The summed E-state index contributed by atoms with van der Waals surface area (Å²) in [4.78, 5) is 15.0. The number of carbonyl (C=O) groups excluding carboxylic acids is 1. The van der Waals surface area contributed by atoms with Gasteiger partial charge in [-0.25, -0.2) is 8.42 Å². The van der Waals surface area contributed by atoms with Gasteiger partial charge in [0, 0.05) is 32.1 Å². The van der Waals surface area contributed by atoms with Crippen molar-refractivity contribution in [3.05, 3.63) is 59.7 Å². The maximum absolute atomic E-state index is 13.1. The number of piperidine rings is 1. The van der Waals surface area contributed by atoms with Crippen LogP contribution in [0.4, 0.5) is 0 Å². The Morgan fingerprint density at radius 1 is 1.13 bits per heavy atom. The molecule has 31 heavy (non-hydrogen) atoms. The van der Waals surface area contributed by atoms with Crippen LogP contribution in [0.3, 0.4) is 0 Å². The van der Waals surface area contributed by atoms with Gasteiger partial charge in [-0.2, -0.15) is 9.57 Å². The molecule has 1 aliphatic heterocycles. The van der Waals surface area contributed by atoms with Gasteiger partial charge in [0.2, 0.25) is 15.9 Å². The third kappa shape index (κ3) is 5.24. The van der Waals surface area contributed by atoms with E-state index in [2.05, 4.69) is 0 Å². The Morgan fingerprint density at radius 3 is 2.26 bits per heavy atom. The quantitative estimate of drug-likeness (QED) is 0.659. The van der Waals surface area contributed by atoms with Crippen molar-refractivity contribution >= 4 is 15.9 Å². The minimum Gasteiger partial charge on any atom is -0.497 e. The smallest absolute Gasteiger partial charge is 0.243 e. The standard InChI is InChI=1S/C23H27N3O4S/c1-3-25(17-19-4-8-21(30-2)9-5-19)23(27)20-12-14-26(15-13-20)31(28,29)22-10-6-18(16-24)7-11-22/h4-11,20H,3,12-15,17H2,1-2H3. The fraction of sp³-hybridized carbons (Fsp3) is 0.391. The average molecular weight is 442 g/mol. The lowest BCUT2D eigenvalue weighted by Crippen LogP contribution is -2.44. The van der Waals surface area contributed by atoms with Crippen molar-refractivity contribution in [2.75, 3.05) is 26.7 Å². The molecule has 0 aromatic heterocycles. The maximum Gasteiger partial charge on any atom is 0.243 e. The van der Waals surface area contributed by atoms with E-state index >= 15 is 0 Å². The highest BCUT2D eigenvalue weighted by atomic mass is 32.2. The Morgan fingerprint density at radius 2 is 1.74 bits per heavy atom. The van der Waals surface area contributed by atoms with Crippen molar-refractivity contribution in [3.8, 4) is 11.8 Å². The fourth-order valence-corrected chi connectivity index (χ4v) is 5.22. The van der Waals surface area contributed by atoms with Gasteiger partial charge < -0.3 is 9.64 Å². The second kappa shape index (κ2) is 9.94. The first-order valence-electron chi connectivity index (χ1n) is 10.3. The Balaban J connectivity index is 1.61. The Labute approximate surface area is 183 Å². The lowest BCUT2D eigenvalue weighted by Gasteiger charge is -2.33. The highest BCUT2D eigenvalue weighted by Gasteiger charge is 2.33. The van der Waals surface area contributed by atoms with Crippen LogP contribution in [0, 0.1) is 17.2 Å². The molecule has 0 aliphatic carbocycles.